The summed E-state index contributed by atoms with van der Waals surface area (Å²) in [6, 6.07) is 0. The molecule has 0 aliphatic carbocycles. The van der Waals surface area contributed by atoms with Crippen molar-refractivity contribution in [3.8, 4) is 0 Å². The largest absolute Gasteiger partial charge is 0.481 e. The zero-order valence-electron chi connectivity index (χ0n) is 8.12. The highest BCUT2D eigenvalue weighted by molar-refractivity contribution is 5.84. The number of carboxylic acids is 1. The number of alkyl halides is 3. The number of halogens is 3. The zero-order chi connectivity index (χ0) is 12.6. The van der Waals surface area contributed by atoms with Crippen LogP contribution in [-0.2, 0) is 9.59 Å². The molecule has 1 atom stereocenters. The van der Waals surface area contributed by atoms with E-state index in [2.05, 4.69) is 0 Å². The van der Waals surface area contributed by atoms with E-state index in [0.29, 0.717) is 4.90 Å². The standard InChI is InChI=1S/C8H10F3NO4/c9-8(10,11)5(14)12-2-1-7(3-12,4-13)6(15)16/h13H,1-4H2,(H,15,16). The number of likely N-dealkylation sites (tertiary alicyclic amines) is 1. The van der Waals surface area contributed by atoms with Gasteiger partial charge in [-0.05, 0) is 6.42 Å². The van der Waals surface area contributed by atoms with Gasteiger partial charge in [0.2, 0.25) is 0 Å². The lowest BCUT2D eigenvalue weighted by Gasteiger charge is -2.22. The third-order valence-electron chi connectivity index (χ3n) is 2.64. The van der Waals surface area contributed by atoms with Crippen LogP contribution >= 0.6 is 0 Å². The third kappa shape index (κ3) is 2.11. The van der Waals surface area contributed by atoms with Crippen molar-refractivity contribution in [2.24, 2.45) is 5.41 Å². The lowest BCUT2D eigenvalue weighted by molar-refractivity contribution is -0.185. The van der Waals surface area contributed by atoms with Crippen LogP contribution in [-0.4, -0.2) is 52.9 Å². The number of amides is 1. The molecule has 8 heteroatoms. The second-order valence-electron chi connectivity index (χ2n) is 3.72. The Balaban J connectivity index is 2.79. The monoisotopic (exact) mass is 241 g/mol. The molecule has 1 fully saturated rings. The van der Waals surface area contributed by atoms with Gasteiger partial charge in [-0.1, -0.05) is 0 Å². The number of hydrogen-bond acceptors (Lipinski definition) is 3. The Kier molecular flexibility index (Phi) is 3.13. The van der Waals surface area contributed by atoms with Gasteiger partial charge in [0, 0.05) is 13.1 Å². The molecular weight excluding hydrogens is 231 g/mol. The Morgan fingerprint density at radius 2 is 1.94 bits per heavy atom. The molecule has 0 radical (unpaired) electrons. The van der Waals surface area contributed by atoms with Crippen LogP contribution in [0.2, 0.25) is 0 Å². The average molecular weight is 241 g/mol. The van der Waals surface area contributed by atoms with Crippen LogP contribution in [0.25, 0.3) is 0 Å². The minimum absolute atomic E-state index is 0.180. The normalized spacial score (nSPS) is 25.9. The molecule has 1 aliphatic rings. The maximum absolute atomic E-state index is 12.1. The molecule has 0 saturated carbocycles. The highest BCUT2D eigenvalue weighted by Gasteiger charge is 2.51. The maximum Gasteiger partial charge on any atom is 0.471 e. The van der Waals surface area contributed by atoms with E-state index in [-0.39, 0.29) is 13.0 Å². The molecule has 16 heavy (non-hydrogen) atoms. The van der Waals surface area contributed by atoms with Crippen molar-refractivity contribution >= 4 is 11.9 Å². The average Bonchev–Trinajstić information content (AvgIpc) is 2.60. The van der Waals surface area contributed by atoms with E-state index in [1.807, 2.05) is 0 Å². The van der Waals surface area contributed by atoms with Crippen molar-refractivity contribution in [2.75, 3.05) is 19.7 Å². The summed E-state index contributed by atoms with van der Waals surface area (Å²) in [5.74, 6) is -3.46. The van der Waals surface area contributed by atoms with Crippen LogP contribution in [0.15, 0.2) is 0 Å². The fourth-order valence-corrected chi connectivity index (χ4v) is 1.60. The molecule has 2 N–H and O–H groups in total. The fraction of sp³-hybridized carbons (Fsp3) is 0.750. The van der Waals surface area contributed by atoms with Crippen LogP contribution in [0.3, 0.4) is 0 Å². The number of aliphatic carboxylic acids is 1. The summed E-state index contributed by atoms with van der Waals surface area (Å²) < 4.78 is 36.2. The first kappa shape index (κ1) is 12.8. The maximum atomic E-state index is 12.1. The number of carboxylic acid groups (broad SMARTS) is 1. The number of nitrogens with zero attached hydrogens (tertiary/aromatic N) is 1. The Morgan fingerprint density at radius 1 is 1.38 bits per heavy atom. The number of aliphatic hydroxyl groups is 1. The van der Waals surface area contributed by atoms with Crippen molar-refractivity contribution in [3.05, 3.63) is 0 Å². The topological polar surface area (TPSA) is 77.8 Å². The van der Waals surface area contributed by atoms with Crippen molar-refractivity contribution in [3.63, 3.8) is 0 Å². The SMILES string of the molecule is O=C(N1CCC(CO)(C(=O)O)C1)C(F)(F)F. The molecule has 1 saturated heterocycles. The fourth-order valence-electron chi connectivity index (χ4n) is 1.60. The third-order valence-corrected chi connectivity index (χ3v) is 2.64. The molecule has 92 valence electrons. The van der Waals surface area contributed by atoms with Gasteiger partial charge in [0.15, 0.2) is 0 Å². The summed E-state index contributed by atoms with van der Waals surface area (Å²) in [6.07, 6.45) is -5.19. The Labute approximate surface area is 88.5 Å². The summed E-state index contributed by atoms with van der Waals surface area (Å²) in [5, 5.41) is 17.7. The highest BCUT2D eigenvalue weighted by atomic mass is 19.4. The summed E-state index contributed by atoms with van der Waals surface area (Å²) in [4.78, 5) is 22.0. The summed E-state index contributed by atoms with van der Waals surface area (Å²) in [6.45, 7) is -1.72. The van der Waals surface area contributed by atoms with Crippen molar-refractivity contribution in [2.45, 2.75) is 12.6 Å². The number of hydrogen-bond donors (Lipinski definition) is 2. The lowest BCUT2D eigenvalue weighted by Crippen LogP contribution is -2.43. The molecule has 1 amide bonds. The van der Waals surface area contributed by atoms with E-state index in [4.69, 9.17) is 10.2 Å². The molecule has 1 heterocycles. The summed E-state index contributed by atoms with van der Waals surface area (Å²) >= 11 is 0. The first-order chi connectivity index (χ1) is 7.23. The smallest absolute Gasteiger partial charge is 0.471 e. The summed E-state index contributed by atoms with van der Waals surface area (Å²) in [5.41, 5.74) is -1.67. The second-order valence-corrected chi connectivity index (χ2v) is 3.72. The molecule has 0 aromatic heterocycles. The molecular formula is C8H10F3NO4. The minimum atomic E-state index is -5.01. The van der Waals surface area contributed by atoms with Gasteiger partial charge in [-0.3, -0.25) is 9.59 Å². The first-order valence-corrected chi connectivity index (χ1v) is 4.43. The van der Waals surface area contributed by atoms with Gasteiger partial charge in [0.1, 0.15) is 5.41 Å². The van der Waals surface area contributed by atoms with Crippen molar-refractivity contribution < 1.29 is 33.0 Å². The van der Waals surface area contributed by atoms with E-state index in [1.165, 1.54) is 0 Å². The number of aliphatic hydroxyl groups excluding tert-OH is 1. The number of carbonyl (C=O) groups excluding carboxylic acids is 1. The van der Waals surface area contributed by atoms with Crippen LogP contribution < -0.4 is 0 Å². The lowest BCUT2D eigenvalue weighted by atomic mass is 9.88. The van der Waals surface area contributed by atoms with Crippen LogP contribution in [0.4, 0.5) is 13.2 Å². The molecule has 0 bridgehead atoms. The van der Waals surface area contributed by atoms with E-state index in [0.717, 1.165) is 0 Å². The molecule has 0 spiro atoms. The summed E-state index contributed by atoms with van der Waals surface area (Å²) in [7, 11) is 0. The quantitative estimate of drug-likeness (QED) is 0.704. The van der Waals surface area contributed by atoms with Gasteiger partial charge in [0.05, 0.1) is 6.61 Å². The minimum Gasteiger partial charge on any atom is -0.481 e. The van der Waals surface area contributed by atoms with Gasteiger partial charge in [-0.25, -0.2) is 0 Å². The van der Waals surface area contributed by atoms with Crippen LogP contribution in [0.5, 0.6) is 0 Å². The molecule has 1 aliphatic heterocycles. The molecule has 1 unspecified atom stereocenters. The Bertz CT molecular complexity index is 317. The number of rotatable bonds is 2. The van der Waals surface area contributed by atoms with E-state index >= 15 is 0 Å². The van der Waals surface area contributed by atoms with E-state index in [9.17, 15) is 22.8 Å². The Hall–Kier alpha value is -1.31. The van der Waals surface area contributed by atoms with Crippen LogP contribution in [0.1, 0.15) is 6.42 Å². The van der Waals surface area contributed by atoms with Crippen LogP contribution in [0, 0.1) is 5.41 Å². The predicted octanol–water partition coefficient (Wildman–Crippen LogP) is -0.156. The Morgan fingerprint density at radius 3 is 2.25 bits per heavy atom. The number of carbonyl (C=O) groups is 2. The van der Waals surface area contributed by atoms with Gasteiger partial charge in [-0.2, -0.15) is 13.2 Å². The van der Waals surface area contributed by atoms with Crippen molar-refractivity contribution in [1.82, 2.24) is 4.90 Å². The van der Waals surface area contributed by atoms with Gasteiger partial charge < -0.3 is 15.1 Å². The van der Waals surface area contributed by atoms with Gasteiger partial charge in [0.25, 0.3) is 0 Å². The first-order valence-electron chi connectivity index (χ1n) is 4.43. The molecule has 5 nitrogen and oxygen atoms in total. The zero-order valence-corrected chi connectivity index (χ0v) is 8.12. The van der Waals surface area contributed by atoms with Gasteiger partial charge >= 0.3 is 18.1 Å². The molecule has 0 aromatic rings. The predicted molar refractivity (Wildman–Crippen MR) is 44.4 cm³/mol. The highest BCUT2D eigenvalue weighted by Crippen LogP contribution is 2.32. The van der Waals surface area contributed by atoms with E-state index in [1.54, 1.807) is 0 Å². The molecule has 0 aromatic carbocycles. The van der Waals surface area contributed by atoms with Crippen molar-refractivity contribution in [1.29, 1.82) is 0 Å². The second kappa shape index (κ2) is 3.93. The van der Waals surface area contributed by atoms with E-state index < -0.39 is 36.6 Å². The molecule has 1 rings (SSSR count). The van der Waals surface area contributed by atoms with Gasteiger partial charge in [-0.15, -0.1) is 0 Å².